The van der Waals surface area contributed by atoms with E-state index in [2.05, 4.69) is 5.32 Å². The molecule has 1 aromatic rings. The Morgan fingerprint density at radius 2 is 1.63 bits per heavy atom. The maximum absolute atomic E-state index is 13.8. The van der Waals surface area contributed by atoms with Gasteiger partial charge in [-0.25, -0.2) is 4.79 Å². The summed E-state index contributed by atoms with van der Waals surface area (Å²) in [6, 6.07) is 8.67. The Balaban J connectivity index is 2.42. The van der Waals surface area contributed by atoms with Crippen molar-refractivity contribution in [3.63, 3.8) is 0 Å². The summed E-state index contributed by atoms with van der Waals surface area (Å²) in [7, 11) is -3.48. The molecule has 0 spiro atoms. The van der Waals surface area contributed by atoms with Crippen LogP contribution in [0.3, 0.4) is 0 Å². The third-order valence-electron chi connectivity index (χ3n) is 5.17. The van der Waals surface area contributed by atoms with Gasteiger partial charge in [0.25, 0.3) is 0 Å². The van der Waals surface area contributed by atoms with Gasteiger partial charge in [-0.2, -0.15) is 0 Å². The molecule has 1 N–H and O–H groups in total. The molecule has 1 aromatic carbocycles. The SMILES string of the molecule is CCOP(=O)(OCC)[C@H](N[C@@H](C(=O)OC(C)(C)C)c1ccccc1)C1CCCCC1. The van der Waals surface area contributed by atoms with Gasteiger partial charge in [0.15, 0.2) is 0 Å². The number of rotatable bonds is 10. The lowest BCUT2D eigenvalue weighted by molar-refractivity contribution is -0.158. The zero-order chi connectivity index (χ0) is 22.2. The summed E-state index contributed by atoms with van der Waals surface area (Å²) >= 11 is 0. The van der Waals surface area contributed by atoms with Crippen molar-refractivity contribution in [2.75, 3.05) is 13.2 Å². The lowest BCUT2D eigenvalue weighted by atomic mass is 9.88. The van der Waals surface area contributed by atoms with Gasteiger partial charge in [0.2, 0.25) is 0 Å². The summed E-state index contributed by atoms with van der Waals surface area (Å²) in [5.74, 6) is -0.860. The van der Waals surface area contributed by atoms with Crippen LogP contribution >= 0.6 is 7.60 Å². The minimum absolute atomic E-state index is 0.108. The number of hydrogen-bond acceptors (Lipinski definition) is 6. The number of carbonyl (C=O) groups is 1. The van der Waals surface area contributed by atoms with E-state index in [0.717, 1.165) is 31.2 Å². The van der Waals surface area contributed by atoms with E-state index in [1.165, 1.54) is 6.42 Å². The summed E-state index contributed by atoms with van der Waals surface area (Å²) in [5.41, 5.74) is 0.141. The van der Waals surface area contributed by atoms with Crippen molar-refractivity contribution >= 4 is 13.6 Å². The van der Waals surface area contributed by atoms with Crippen molar-refractivity contribution in [2.24, 2.45) is 5.92 Å². The van der Waals surface area contributed by atoms with Crippen LogP contribution in [0.5, 0.6) is 0 Å². The number of hydrogen-bond donors (Lipinski definition) is 1. The Morgan fingerprint density at radius 1 is 1.07 bits per heavy atom. The molecule has 0 aromatic heterocycles. The van der Waals surface area contributed by atoms with Crippen LogP contribution in [-0.2, 0) is 23.1 Å². The van der Waals surface area contributed by atoms with E-state index in [4.69, 9.17) is 13.8 Å². The number of ether oxygens (including phenoxy) is 1. The van der Waals surface area contributed by atoms with Crippen LogP contribution in [0.1, 0.15) is 78.3 Å². The quantitative estimate of drug-likeness (QED) is 0.365. The lowest BCUT2D eigenvalue weighted by Crippen LogP contribution is -2.44. The first kappa shape index (κ1) is 25.1. The predicted molar refractivity (Wildman–Crippen MR) is 119 cm³/mol. The Bertz CT molecular complexity index is 687. The summed E-state index contributed by atoms with van der Waals surface area (Å²) < 4.78 is 31.0. The highest BCUT2D eigenvalue weighted by atomic mass is 31.2. The predicted octanol–water partition coefficient (Wildman–Crippen LogP) is 5.83. The molecule has 30 heavy (non-hydrogen) atoms. The van der Waals surface area contributed by atoms with Crippen molar-refractivity contribution in [1.82, 2.24) is 5.32 Å². The maximum Gasteiger partial charge on any atom is 0.347 e. The van der Waals surface area contributed by atoms with E-state index in [0.29, 0.717) is 0 Å². The van der Waals surface area contributed by atoms with Crippen LogP contribution < -0.4 is 5.32 Å². The van der Waals surface area contributed by atoms with E-state index in [1.54, 1.807) is 0 Å². The second kappa shape index (κ2) is 11.4. The van der Waals surface area contributed by atoms with Gasteiger partial charge < -0.3 is 13.8 Å². The Kier molecular flexibility index (Phi) is 9.55. The van der Waals surface area contributed by atoms with Crippen LogP contribution in [-0.4, -0.2) is 30.6 Å². The molecule has 0 bridgehead atoms. The first-order valence-corrected chi connectivity index (χ1v) is 12.7. The van der Waals surface area contributed by atoms with Crippen LogP contribution in [0.15, 0.2) is 30.3 Å². The summed E-state index contributed by atoms with van der Waals surface area (Å²) in [6.07, 6.45) is 5.17. The molecule has 1 saturated carbocycles. The first-order chi connectivity index (χ1) is 14.2. The fourth-order valence-corrected chi connectivity index (χ4v) is 6.23. The molecule has 0 saturated heterocycles. The molecule has 0 amide bonds. The van der Waals surface area contributed by atoms with Crippen molar-refractivity contribution in [3.05, 3.63) is 35.9 Å². The highest BCUT2D eigenvalue weighted by Crippen LogP contribution is 2.57. The Morgan fingerprint density at radius 3 is 2.13 bits per heavy atom. The number of carbonyl (C=O) groups excluding carboxylic acids is 1. The molecule has 1 aliphatic rings. The molecule has 170 valence electrons. The minimum Gasteiger partial charge on any atom is -0.459 e. The van der Waals surface area contributed by atoms with Gasteiger partial charge in [0, 0.05) is 0 Å². The standard InChI is InChI=1S/C23H38NO5P/c1-6-27-30(26,28-7-2)21(19-16-12-9-13-17-19)24-20(18-14-10-8-11-15-18)22(25)29-23(3,4)5/h8,10-11,14-15,19-21,24H,6-7,9,12-13,16-17H2,1-5H3/t20-,21+/m1/s1. The summed E-state index contributed by atoms with van der Waals surface area (Å²) in [4.78, 5) is 13.2. The van der Waals surface area contributed by atoms with Gasteiger partial charge >= 0.3 is 13.6 Å². The van der Waals surface area contributed by atoms with E-state index >= 15 is 0 Å². The van der Waals surface area contributed by atoms with Crippen LogP contribution in [0, 0.1) is 5.92 Å². The van der Waals surface area contributed by atoms with Gasteiger partial charge in [-0.15, -0.1) is 0 Å². The average Bonchev–Trinajstić information content (AvgIpc) is 2.69. The van der Waals surface area contributed by atoms with Gasteiger partial charge in [-0.3, -0.25) is 9.88 Å². The second-order valence-corrected chi connectivity index (χ2v) is 10.9. The van der Waals surface area contributed by atoms with Gasteiger partial charge in [-0.05, 0) is 58.9 Å². The molecule has 1 aliphatic carbocycles. The molecule has 2 rings (SSSR count). The zero-order valence-corrected chi connectivity index (χ0v) is 20.0. The topological polar surface area (TPSA) is 73.9 Å². The molecule has 1 fully saturated rings. The van der Waals surface area contributed by atoms with Crippen LogP contribution in [0.25, 0.3) is 0 Å². The third kappa shape index (κ3) is 7.19. The van der Waals surface area contributed by atoms with Gasteiger partial charge in [0.1, 0.15) is 17.4 Å². The summed E-state index contributed by atoms with van der Waals surface area (Å²) in [5, 5.41) is 3.39. The summed E-state index contributed by atoms with van der Waals surface area (Å²) in [6.45, 7) is 9.72. The average molecular weight is 440 g/mol. The van der Waals surface area contributed by atoms with Crippen LogP contribution in [0.2, 0.25) is 0 Å². The number of nitrogens with one attached hydrogen (secondary N) is 1. The van der Waals surface area contributed by atoms with E-state index in [9.17, 15) is 9.36 Å². The molecule has 0 unspecified atom stereocenters. The molecule has 2 atom stereocenters. The molecular formula is C23H38NO5P. The molecular weight excluding hydrogens is 401 g/mol. The molecule has 0 aliphatic heterocycles. The first-order valence-electron chi connectivity index (χ1n) is 11.1. The Hall–Kier alpha value is -1.20. The largest absolute Gasteiger partial charge is 0.459 e. The van der Waals surface area contributed by atoms with Crippen molar-refractivity contribution < 1.29 is 23.1 Å². The highest BCUT2D eigenvalue weighted by molar-refractivity contribution is 7.54. The monoisotopic (exact) mass is 439 g/mol. The fraction of sp³-hybridized carbons (Fsp3) is 0.696. The lowest BCUT2D eigenvalue weighted by Gasteiger charge is -2.37. The van der Waals surface area contributed by atoms with Crippen molar-refractivity contribution in [3.8, 4) is 0 Å². The highest BCUT2D eigenvalue weighted by Gasteiger charge is 2.44. The molecule has 6 nitrogen and oxygen atoms in total. The molecule has 0 radical (unpaired) electrons. The smallest absolute Gasteiger partial charge is 0.347 e. The van der Waals surface area contributed by atoms with Gasteiger partial charge in [-0.1, -0.05) is 49.6 Å². The molecule has 0 heterocycles. The maximum atomic E-state index is 13.8. The van der Waals surface area contributed by atoms with Gasteiger partial charge in [0.05, 0.1) is 13.2 Å². The third-order valence-corrected chi connectivity index (χ3v) is 7.66. The van der Waals surface area contributed by atoms with E-state index < -0.39 is 31.0 Å². The fourth-order valence-electron chi connectivity index (χ4n) is 3.97. The Labute approximate surface area is 181 Å². The normalized spacial score (nSPS) is 18.0. The van der Waals surface area contributed by atoms with E-state index in [-0.39, 0.29) is 19.1 Å². The van der Waals surface area contributed by atoms with E-state index in [1.807, 2.05) is 65.0 Å². The number of benzene rings is 1. The zero-order valence-electron chi connectivity index (χ0n) is 19.1. The minimum atomic E-state index is -3.48. The second-order valence-electron chi connectivity index (χ2n) is 8.76. The van der Waals surface area contributed by atoms with Crippen molar-refractivity contribution in [2.45, 2.75) is 84.1 Å². The molecule has 7 heteroatoms. The van der Waals surface area contributed by atoms with Crippen molar-refractivity contribution in [1.29, 1.82) is 0 Å². The van der Waals surface area contributed by atoms with Crippen LogP contribution in [0.4, 0.5) is 0 Å². The number of esters is 1.